The molecule has 0 aliphatic heterocycles. The van der Waals surface area contributed by atoms with E-state index in [2.05, 4.69) is 44.6 Å². The second-order valence-corrected chi connectivity index (χ2v) is 4.40. The van der Waals surface area contributed by atoms with Crippen molar-refractivity contribution < 1.29 is 0 Å². The van der Waals surface area contributed by atoms with Gasteiger partial charge in [-0.2, -0.15) is 0 Å². The lowest BCUT2D eigenvalue weighted by Gasteiger charge is -2.11. The minimum absolute atomic E-state index is 0.494. The molecule has 2 heteroatoms. The molecule has 2 nitrogen and oxygen atoms in total. The van der Waals surface area contributed by atoms with Crippen molar-refractivity contribution in [3.8, 4) is 0 Å². The zero-order chi connectivity index (χ0) is 10.0. The highest BCUT2D eigenvalue weighted by Crippen LogP contribution is 2.23. The Kier molecular flexibility index (Phi) is 3.12. The minimum atomic E-state index is 0.494. The van der Waals surface area contributed by atoms with E-state index in [1.54, 1.807) is 0 Å². The van der Waals surface area contributed by atoms with Crippen LogP contribution in [-0.4, -0.2) is 9.97 Å². The van der Waals surface area contributed by atoms with Gasteiger partial charge in [-0.1, -0.05) is 34.6 Å². The summed E-state index contributed by atoms with van der Waals surface area (Å²) in [5, 5.41) is 0. The Balaban J connectivity index is 2.79. The molecule has 0 radical (unpaired) electrons. The van der Waals surface area contributed by atoms with E-state index in [9.17, 15) is 0 Å². The second kappa shape index (κ2) is 3.95. The van der Waals surface area contributed by atoms with Crippen LogP contribution < -0.4 is 0 Å². The van der Waals surface area contributed by atoms with Crippen molar-refractivity contribution in [3.05, 3.63) is 17.7 Å². The summed E-state index contributed by atoms with van der Waals surface area (Å²) in [5.41, 5.74) is 1.19. The van der Waals surface area contributed by atoms with Crippen molar-refractivity contribution in [2.24, 2.45) is 5.92 Å². The number of aromatic nitrogens is 2. The van der Waals surface area contributed by atoms with Crippen LogP contribution in [0.1, 0.15) is 58.0 Å². The first-order chi connectivity index (χ1) is 6.02. The molecule has 0 aromatic carbocycles. The number of hydrogen-bond acceptors (Lipinski definition) is 1. The predicted molar refractivity (Wildman–Crippen MR) is 55.9 cm³/mol. The summed E-state index contributed by atoms with van der Waals surface area (Å²) in [7, 11) is 0. The molecule has 0 bridgehead atoms. The Morgan fingerprint density at radius 3 is 2.15 bits per heavy atom. The first kappa shape index (κ1) is 10.3. The molecule has 0 aliphatic carbocycles. The van der Waals surface area contributed by atoms with Gasteiger partial charge in [0.2, 0.25) is 0 Å². The smallest absolute Gasteiger partial charge is 0.108 e. The first-order valence-corrected chi connectivity index (χ1v) is 5.07. The molecule has 1 N–H and O–H groups in total. The zero-order valence-corrected chi connectivity index (χ0v) is 9.26. The van der Waals surface area contributed by atoms with E-state index in [4.69, 9.17) is 0 Å². The van der Waals surface area contributed by atoms with Gasteiger partial charge < -0.3 is 4.98 Å². The van der Waals surface area contributed by atoms with Gasteiger partial charge >= 0.3 is 0 Å². The Hall–Kier alpha value is -0.790. The normalized spacial score (nSPS) is 14.1. The topological polar surface area (TPSA) is 28.7 Å². The Morgan fingerprint density at radius 2 is 1.77 bits per heavy atom. The van der Waals surface area contributed by atoms with E-state index < -0.39 is 0 Å². The maximum Gasteiger partial charge on any atom is 0.108 e. The molecule has 1 atom stereocenters. The number of nitrogens with zero attached hydrogens (tertiary/aromatic N) is 1. The number of H-pyrrole nitrogens is 1. The highest BCUT2D eigenvalue weighted by molar-refractivity contribution is 5.09. The molecular formula is C11H20N2. The molecule has 13 heavy (non-hydrogen) atoms. The highest BCUT2D eigenvalue weighted by atomic mass is 14.9. The van der Waals surface area contributed by atoms with E-state index in [1.807, 2.05) is 6.20 Å². The number of nitrogens with one attached hydrogen (secondary N) is 1. The van der Waals surface area contributed by atoms with E-state index >= 15 is 0 Å². The SMILES string of the molecule is CC(C)c1nc(C(C)C(C)C)c[nH]1. The number of imidazole rings is 1. The summed E-state index contributed by atoms with van der Waals surface area (Å²) in [6, 6.07) is 0. The van der Waals surface area contributed by atoms with Gasteiger partial charge in [-0.25, -0.2) is 4.98 Å². The standard InChI is InChI=1S/C11H20N2/c1-7(2)9(5)10-6-12-11(13-10)8(3)4/h6-9H,1-5H3,(H,12,13). The third-order valence-corrected chi connectivity index (χ3v) is 2.63. The number of rotatable bonds is 3. The van der Waals surface area contributed by atoms with Gasteiger partial charge in [0.1, 0.15) is 5.82 Å². The molecule has 0 aliphatic rings. The van der Waals surface area contributed by atoms with Crippen LogP contribution in [0.25, 0.3) is 0 Å². The van der Waals surface area contributed by atoms with E-state index in [-0.39, 0.29) is 0 Å². The maximum atomic E-state index is 4.58. The van der Waals surface area contributed by atoms with Crippen LogP contribution in [0, 0.1) is 5.92 Å². The largest absolute Gasteiger partial charge is 0.348 e. The number of aromatic amines is 1. The van der Waals surface area contributed by atoms with Gasteiger partial charge in [-0.15, -0.1) is 0 Å². The molecule has 1 aromatic rings. The van der Waals surface area contributed by atoms with Gasteiger partial charge in [0.05, 0.1) is 5.69 Å². The maximum absolute atomic E-state index is 4.58. The van der Waals surface area contributed by atoms with E-state index in [1.165, 1.54) is 5.69 Å². The van der Waals surface area contributed by atoms with Crippen LogP contribution in [0.2, 0.25) is 0 Å². The summed E-state index contributed by atoms with van der Waals surface area (Å²) in [6.07, 6.45) is 2.04. The fourth-order valence-electron chi connectivity index (χ4n) is 1.22. The molecule has 0 fully saturated rings. The molecule has 1 rings (SSSR count). The minimum Gasteiger partial charge on any atom is -0.348 e. The lowest BCUT2D eigenvalue weighted by atomic mass is 9.95. The van der Waals surface area contributed by atoms with Crippen molar-refractivity contribution in [2.45, 2.75) is 46.5 Å². The quantitative estimate of drug-likeness (QED) is 0.759. The summed E-state index contributed by atoms with van der Waals surface area (Å²) >= 11 is 0. The third kappa shape index (κ3) is 2.33. The first-order valence-electron chi connectivity index (χ1n) is 5.07. The fraction of sp³-hybridized carbons (Fsp3) is 0.727. The summed E-state index contributed by atoms with van der Waals surface area (Å²) in [5.74, 6) is 2.79. The third-order valence-electron chi connectivity index (χ3n) is 2.63. The molecular weight excluding hydrogens is 160 g/mol. The molecule has 0 amide bonds. The van der Waals surface area contributed by atoms with Crippen LogP contribution in [-0.2, 0) is 0 Å². The van der Waals surface area contributed by atoms with Gasteiger partial charge in [0.15, 0.2) is 0 Å². The second-order valence-electron chi connectivity index (χ2n) is 4.40. The Labute approximate surface area is 80.8 Å². The van der Waals surface area contributed by atoms with Crippen molar-refractivity contribution in [1.29, 1.82) is 0 Å². The molecule has 74 valence electrons. The van der Waals surface area contributed by atoms with Gasteiger partial charge in [0.25, 0.3) is 0 Å². The molecule has 1 heterocycles. The van der Waals surface area contributed by atoms with Crippen molar-refractivity contribution >= 4 is 0 Å². The molecule has 1 unspecified atom stereocenters. The van der Waals surface area contributed by atoms with E-state index in [0.29, 0.717) is 17.8 Å². The van der Waals surface area contributed by atoms with Crippen LogP contribution in [0.15, 0.2) is 6.20 Å². The van der Waals surface area contributed by atoms with Crippen LogP contribution in [0.3, 0.4) is 0 Å². The Morgan fingerprint density at radius 1 is 1.15 bits per heavy atom. The summed E-state index contributed by atoms with van der Waals surface area (Å²) in [4.78, 5) is 7.81. The average molecular weight is 180 g/mol. The monoisotopic (exact) mass is 180 g/mol. The van der Waals surface area contributed by atoms with Gasteiger partial charge in [-0.3, -0.25) is 0 Å². The van der Waals surface area contributed by atoms with Gasteiger partial charge in [-0.05, 0) is 5.92 Å². The zero-order valence-electron chi connectivity index (χ0n) is 9.26. The van der Waals surface area contributed by atoms with Crippen molar-refractivity contribution in [2.75, 3.05) is 0 Å². The highest BCUT2D eigenvalue weighted by Gasteiger charge is 2.14. The summed E-state index contributed by atoms with van der Waals surface area (Å²) in [6.45, 7) is 11.0. The molecule has 0 spiro atoms. The predicted octanol–water partition coefficient (Wildman–Crippen LogP) is 3.29. The molecule has 0 saturated heterocycles. The lowest BCUT2D eigenvalue weighted by Crippen LogP contribution is -2.02. The van der Waals surface area contributed by atoms with Crippen LogP contribution >= 0.6 is 0 Å². The summed E-state index contributed by atoms with van der Waals surface area (Å²) < 4.78 is 0. The van der Waals surface area contributed by atoms with E-state index in [0.717, 1.165) is 5.82 Å². The molecule has 1 aromatic heterocycles. The molecule has 0 saturated carbocycles. The van der Waals surface area contributed by atoms with Crippen molar-refractivity contribution in [3.63, 3.8) is 0 Å². The van der Waals surface area contributed by atoms with Crippen molar-refractivity contribution in [1.82, 2.24) is 9.97 Å². The Bertz CT molecular complexity index is 261. The van der Waals surface area contributed by atoms with Gasteiger partial charge in [0, 0.05) is 18.0 Å². The number of hydrogen-bond donors (Lipinski definition) is 1. The fourth-order valence-corrected chi connectivity index (χ4v) is 1.22. The van der Waals surface area contributed by atoms with Crippen LogP contribution in [0.5, 0.6) is 0 Å². The average Bonchev–Trinajstić information content (AvgIpc) is 2.50. The lowest BCUT2D eigenvalue weighted by molar-refractivity contribution is 0.524. The van der Waals surface area contributed by atoms with Crippen LogP contribution in [0.4, 0.5) is 0 Å².